The van der Waals surface area contributed by atoms with E-state index in [4.69, 9.17) is 43.5 Å². The molecular weight excluding hydrogens is 601 g/mol. The SMILES string of the molecule is CC(=O)c1ccc(COc2ccc(C(=O)c3cc(C4CCN(C(=O)CNC(=O)CNC(=N)N)CC4)n(C)n3)c(Cl)c2Cl)o1. The van der Waals surface area contributed by atoms with Gasteiger partial charge in [-0.3, -0.25) is 29.3 Å². The largest absolute Gasteiger partial charge is 0.484 e. The monoisotopic (exact) mass is 631 g/mol. The van der Waals surface area contributed by atoms with Gasteiger partial charge in [0.2, 0.25) is 17.6 Å². The number of benzene rings is 1. The lowest BCUT2D eigenvalue weighted by atomic mass is 9.92. The second-order valence-electron chi connectivity index (χ2n) is 9.96. The number of Topliss-reactive ketones (excluding diaryl/α,β-unsaturated/α-hetero) is 1. The normalized spacial score (nSPS) is 13.4. The van der Waals surface area contributed by atoms with Crippen LogP contribution in [-0.2, 0) is 23.2 Å². The Hall–Kier alpha value is -4.36. The van der Waals surface area contributed by atoms with Crippen molar-refractivity contribution in [2.45, 2.75) is 32.3 Å². The Labute approximate surface area is 257 Å². The maximum absolute atomic E-state index is 13.4. The standard InChI is InChI=1S/C28H31Cl2N7O6/c1-15(38)21-5-3-17(43-21)14-42-22-6-4-18(25(29)26(22)30)27(41)19-11-20(36(2)35-19)16-7-9-37(10-8-16)24(40)13-33-23(39)12-34-28(31)32/h3-6,11,16H,7-10,12-14H2,1-2H3,(H,33,39)(H4,31,32,34). The smallest absolute Gasteiger partial charge is 0.241 e. The van der Waals surface area contributed by atoms with Crippen LogP contribution < -0.4 is 21.1 Å². The summed E-state index contributed by atoms with van der Waals surface area (Å²) in [6.45, 7) is 2.05. The van der Waals surface area contributed by atoms with Crippen molar-refractivity contribution < 1.29 is 28.3 Å². The van der Waals surface area contributed by atoms with Crippen LogP contribution in [0.5, 0.6) is 5.75 Å². The molecule has 43 heavy (non-hydrogen) atoms. The number of hydrogen-bond acceptors (Lipinski definition) is 8. The number of aromatic nitrogens is 2. The van der Waals surface area contributed by atoms with Crippen molar-refractivity contribution in [3.8, 4) is 5.75 Å². The third kappa shape index (κ3) is 7.73. The zero-order valence-electron chi connectivity index (χ0n) is 23.5. The van der Waals surface area contributed by atoms with Gasteiger partial charge in [0.15, 0.2) is 17.5 Å². The van der Waals surface area contributed by atoms with Crippen molar-refractivity contribution in [3.63, 3.8) is 0 Å². The molecule has 0 atom stereocenters. The Bertz CT molecular complexity index is 1560. The summed E-state index contributed by atoms with van der Waals surface area (Å²) >= 11 is 12.9. The molecule has 1 aromatic carbocycles. The first-order chi connectivity index (χ1) is 20.4. The Balaban J connectivity index is 1.35. The van der Waals surface area contributed by atoms with E-state index in [9.17, 15) is 19.2 Å². The van der Waals surface area contributed by atoms with Crippen molar-refractivity contribution in [3.05, 3.63) is 68.8 Å². The Kier molecular flexibility index (Phi) is 10.1. The first kappa shape index (κ1) is 31.6. The Morgan fingerprint density at radius 1 is 1.09 bits per heavy atom. The predicted molar refractivity (Wildman–Crippen MR) is 158 cm³/mol. The summed E-state index contributed by atoms with van der Waals surface area (Å²) in [5.41, 5.74) is 6.38. The van der Waals surface area contributed by atoms with Crippen LogP contribution in [0.1, 0.15) is 63.7 Å². The molecule has 2 aromatic heterocycles. The number of aryl methyl sites for hydroxylation is 1. The van der Waals surface area contributed by atoms with Gasteiger partial charge in [-0.2, -0.15) is 5.10 Å². The molecule has 3 heterocycles. The molecule has 2 amide bonds. The number of ether oxygens (including phenoxy) is 1. The van der Waals surface area contributed by atoms with Gasteiger partial charge in [-0.15, -0.1) is 0 Å². The molecule has 228 valence electrons. The number of nitrogens with two attached hydrogens (primary N) is 1. The number of nitrogens with zero attached hydrogens (tertiary/aromatic N) is 3. The predicted octanol–water partition coefficient (Wildman–Crippen LogP) is 2.64. The molecule has 1 saturated heterocycles. The fraction of sp³-hybridized carbons (Fsp3) is 0.357. The van der Waals surface area contributed by atoms with Crippen LogP contribution in [0.3, 0.4) is 0 Å². The van der Waals surface area contributed by atoms with Gasteiger partial charge in [0.05, 0.1) is 18.1 Å². The number of guanidine groups is 1. The number of carbonyl (C=O) groups is 4. The number of likely N-dealkylation sites (tertiary alicyclic amines) is 1. The van der Waals surface area contributed by atoms with Gasteiger partial charge in [-0.05, 0) is 43.2 Å². The van der Waals surface area contributed by atoms with Crippen LogP contribution >= 0.6 is 23.2 Å². The number of carbonyl (C=O) groups excluding carboxylic acids is 4. The van der Waals surface area contributed by atoms with Crippen LogP contribution in [0.15, 0.2) is 34.7 Å². The average molecular weight is 633 g/mol. The van der Waals surface area contributed by atoms with Crippen LogP contribution in [0, 0.1) is 5.41 Å². The van der Waals surface area contributed by atoms with Crippen molar-refractivity contribution in [2.24, 2.45) is 12.8 Å². The van der Waals surface area contributed by atoms with Gasteiger partial charge < -0.3 is 30.4 Å². The lowest BCUT2D eigenvalue weighted by Gasteiger charge is -2.32. The summed E-state index contributed by atoms with van der Waals surface area (Å²) < 4.78 is 12.8. The zero-order valence-corrected chi connectivity index (χ0v) is 25.1. The molecule has 13 nitrogen and oxygen atoms in total. The Morgan fingerprint density at radius 3 is 2.47 bits per heavy atom. The van der Waals surface area contributed by atoms with Crippen molar-refractivity contribution in [2.75, 3.05) is 26.2 Å². The molecule has 0 aliphatic carbocycles. The van der Waals surface area contributed by atoms with Gasteiger partial charge in [-0.1, -0.05) is 23.2 Å². The minimum atomic E-state index is -0.438. The molecule has 1 aliphatic rings. The van der Waals surface area contributed by atoms with Gasteiger partial charge in [0, 0.05) is 44.2 Å². The second-order valence-corrected chi connectivity index (χ2v) is 10.7. The molecule has 1 aliphatic heterocycles. The van der Waals surface area contributed by atoms with Gasteiger partial charge >= 0.3 is 0 Å². The number of furan rings is 1. The number of amides is 2. The quantitative estimate of drug-likeness (QED) is 0.140. The van der Waals surface area contributed by atoms with Crippen LogP contribution in [0.25, 0.3) is 0 Å². The molecule has 0 unspecified atom stereocenters. The summed E-state index contributed by atoms with van der Waals surface area (Å²) in [5.74, 6) is -0.610. The summed E-state index contributed by atoms with van der Waals surface area (Å²) in [6, 6.07) is 7.97. The van der Waals surface area contributed by atoms with E-state index in [2.05, 4.69) is 15.7 Å². The Morgan fingerprint density at radius 2 is 1.81 bits per heavy atom. The number of ketones is 2. The molecule has 4 rings (SSSR count). The molecular formula is C28H31Cl2N7O6. The summed E-state index contributed by atoms with van der Waals surface area (Å²) in [6.07, 6.45) is 1.31. The third-order valence-electron chi connectivity index (χ3n) is 6.96. The number of hydrogen-bond donors (Lipinski definition) is 4. The fourth-order valence-corrected chi connectivity index (χ4v) is 5.13. The highest BCUT2D eigenvalue weighted by molar-refractivity contribution is 6.45. The first-order valence-electron chi connectivity index (χ1n) is 13.4. The third-order valence-corrected chi connectivity index (χ3v) is 7.83. The maximum atomic E-state index is 13.4. The van der Waals surface area contributed by atoms with Crippen LogP contribution in [0.4, 0.5) is 0 Å². The fourth-order valence-electron chi connectivity index (χ4n) is 4.67. The van der Waals surface area contributed by atoms with E-state index >= 15 is 0 Å². The lowest BCUT2D eigenvalue weighted by Crippen LogP contribution is -2.46. The number of piperidine rings is 1. The molecule has 1 fully saturated rings. The van der Waals surface area contributed by atoms with Crippen molar-refractivity contribution >= 4 is 52.5 Å². The molecule has 15 heteroatoms. The molecule has 0 radical (unpaired) electrons. The van der Waals surface area contributed by atoms with Crippen LogP contribution in [-0.4, -0.2) is 70.2 Å². The van der Waals surface area contributed by atoms with Gasteiger partial charge in [-0.25, -0.2) is 0 Å². The van der Waals surface area contributed by atoms with Gasteiger partial charge in [0.25, 0.3) is 0 Å². The summed E-state index contributed by atoms with van der Waals surface area (Å²) in [5, 5.41) is 16.5. The minimum Gasteiger partial charge on any atom is -0.484 e. The van der Waals surface area contributed by atoms with E-state index in [1.165, 1.54) is 19.1 Å². The molecule has 3 aromatic rings. The molecule has 0 bridgehead atoms. The van der Waals surface area contributed by atoms with E-state index in [1.807, 2.05) is 0 Å². The first-order valence-corrected chi connectivity index (χ1v) is 14.1. The summed E-state index contributed by atoms with van der Waals surface area (Å²) in [4.78, 5) is 50.8. The summed E-state index contributed by atoms with van der Waals surface area (Å²) in [7, 11) is 1.76. The average Bonchev–Trinajstić information content (AvgIpc) is 3.62. The second kappa shape index (κ2) is 13.7. The highest BCUT2D eigenvalue weighted by Gasteiger charge is 2.28. The number of nitrogens with one attached hydrogen (secondary N) is 3. The molecule has 0 saturated carbocycles. The van der Waals surface area contributed by atoms with Crippen molar-refractivity contribution in [1.29, 1.82) is 5.41 Å². The highest BCUT2D eigenvalue weighted by atomic mass is 35.5. The van der Waals surface area contributed by atoms with E-state index in [0.29, 0.717) is 31.7 Å². The van der Waals surface area contributed by atoms with Crippen molar-refractivity contribution in [1.82, 2.24) is 25.3 Å². The van der Waals surface area contributed by atoms with E-state index < -0.39 is 11.7 Å². The molecule has 5 N–H and O–H groups in total. The van der Waals surface area contributed by atoms with Gasteiger partial charge in [0.1, 0.15) is 28.8 Å². The maximum Gasteiger partial charge on any atom is 0.241 e. The number of rotatable bonds is 11. The van der Waals surface area contributed by atoms with E-state index in [1.54, 1.807) is 34.8 Å². The molecule has 0 spiro atoms. The van der Waals surface area contributed by atoms with E-state index in [0.717, 1.165) is 5.69 Å². The van der Waals surface area contributed by atoms with Crippen LogP contribution in [0.2, 0.25) is 10.0 Å². The number of halogens is 2. The van der Waals surface area contributed by atoms with E-state index in [-0.39, 0.29) is 76.1 Å². The minimum absolute atomic E-state index is 0.0118. The lowest BCUT2D eigenvalue weighted by molar-refractivity contribution is -0.133. The highest BCUT2D eigenvalue weighted by Crippen LogP contribution is 2.36. The zero-order chi connectivity index (χ0) is 31.3. The topological polar surface area (TPSA) is 186 Å².